The number of hydrogen-bond acceptors (Lipinski definition) is 2. The van der Waals surface area contributed by atoms with Crippen molar-refractivity contribution in [3.05, 3.63) is 33.3 Å². The van der Waals surface area contributed by atoms with Gasteiger partial charge in [0.05, 0.1) is 12.7 Å². The van der Waals surface area contributed by atoms with E-state index in [4.69, 9.17) is 16.3 Å². The molecule has 0 bridgehead atoms. The molecule has 1 unspecified atom stereocenters. The fraction of sp³-hybridized carbons (Fsp3) is 0.538. The summed E-state index contributed by atoms with van der Waals surface area (Å²) >= 11 is 9.59. The lowest BCUT2D eigenvalue weighted by Gasteiger charge is -2.16. The van der Waals surface area contributed by atoms with Crippen molar-refractivity contribution < 1.29 is 4.74 Å². The van der Waals surface area contributed by atoms with Gasteiger partial charge >= 0.3 is 0 Å². The van der Waals surface area contributed by atoms with Gasteiger partial charge in [0.1, 0.15) is 0 Å². The quantitative estimate of drug-likeness (QED) is 0.794. The van der Waals surface area contributed by atoms with Crippen LogP contribution in [-0.4, -0.2) is 19.3 Å². The molecule has 0 aliphatic rings. The van der Waals surface area contributed by atoms with Crippen LogP contribution in [0.2, 0.25) is 5.02 Å². The molecule has 0 fully saturated rings. The maximum absolute atomic E-state index is 6.19. The number of rotatable bonds is 6. The second-order valence-corrected chi connectivity index (χ2v) is 5.58. The summed E-state index contributed by atoms with van der Waals surface area (Å²) in [6, 6.07) is 6.18. The minimum atomic E-state index is 0.228. The van der Waals surface area contributed by atoms with Crippen LogP contribution in [-0.2, 0) is 4.74 Å². The van der Waals surface area contributed by atoms with E-state index >= 15 is 0 Å². The fourth-order valence-electron chi connectivity index (χ4n) is 1.53. The number of ether oxygens (including phenoxy) is 1. The highest BCUT2D eigenvalue weighted by atomic mass is 79.9. The topological polar surface area (TPSA) is 21.3 Å². The van der Waals surface area contributed by atoms with Gasteiger partial charge in [0, 0.05) is 22.1 Å². The first-order valence-electron chi connectivity index (χ1n) is 5.80. The number of nitrogens with one attached hydrogen (secondary N) is 1. The van der Waals surface area contributed by atoms with Crippen LogP contribution in [0.1, 0.15) is 32.4 Å². The number of benzene rings is 1. The molecule has 0 radical (unpaired) electrons. The van der Waals surface area contributed by atoms with E-state index in [1.54, 1.807) is 0 Å². The predicted octanol–water partition coefficient (Wildman–Crippen LogP) is 4.18. The Hall–Kier alpha value is -0.0900. The molecule has 1 aromatic carbocycles. The molecule has 1 aromatic rings. The zero-order chi connectivity index (χ0) is 12.8. The van der Waals surface area contributed by atoms with Crippen molar-refractivity contribution in [3.63, 3.8) is 0 Å². The Morgan fingerprint density at radius 2 is 2.06 bits per heavy atom. The molecular weight excluding hydrogens is 302 g/mol. The monoisotopic (exact) mass is 319 g/mol. The third-order valence-electron chi connectivity index (χ3n) is 2.43. The van der Waals surface area contributed by atoms with Crippen molar-refractivity contribution in [3.8, 4) is 0 Å². The van der Waals surface area contributed by atoms with Crippen molar-refractivity contribution in [2.45, 2.75) is 32.9 Å². The minimum Gasteiger partial charge on any atom is -0.377 e. The molecule has 96 valence electrons. The molecule has 1 rings (SSSR count). The van der Waals surface area contributed by atoms with Crippen LogP contribution < -0.4 is 5.32 Å². The first-order valence-corrected chi connectivity index (χ1v) is 6.97. The van der Waals surface area contributed by atoms with Crippen molar-refractivity contribution in [1.82, 2.24) is 5.32 Å². The lowest BCUT2D eigenvalue weighted by atomic mass is 10.1. The summed E-state index contributed by atoms with van der Waals surface area (Å²) in [5.74, 6) is 0. The molecule has 0 amide bonds. The van der Waals surface area contributed by atoms with Gasteiger partial charge in [-0.25, -0.2) is 0 Å². The van der Waals surface area contributed by atoms with E-state index in [9.17, 15) is 0 Å². The second-order valence-electron chi connectivity index (χ2n) is 4.26. The highest BCUT2D eigenvalue weighted by Crippen LogP contribution is 2.26. The summed E-state index contributed by atoms with van der Waals surface area (Å²) in [7, 11) is 0. The summed E-state index contributed by atoms with van der Waals surface area (Å²) in [5.41, 5.74) is 1.11. The smallest absolute Gasteiger partial charge is 0.0594 e. The second kappa shape index (κ2) is 7.37. The van der Waals surface area contributed by atoms with E-state index in [1.165, 1.54) is 0 Å². The summed E-state index contributed by atoms with van der Waals surface area (Å²) in [4.78, 5) is 0. The first kappa shape index (κ1) is 15.0. The van der Waals surface area contributed by atoms with Crippen LogP contribution in [0.4, 0.5) is 0 Å². The van der Waals surface area contributed by atoms with Crippen LogP contribution >= 0.6 is 27.5 Å². The van der Waals surface area contributed by atoms with E-state index in [0.29, 0.717) is 0 Å². The summed E-state index contributed by atoms with van der Waals surface area (Å²) in [5, 5.41) is 4.17. The standard InChI is InChI=1S/C13H19BrClNO/c1-9(2)17-7-6-16-10(3)12-5-4-11(14)8-13(12)15/h4-5,8-10,16H,6-7H2,1-3H3. The molecule has 1 N–H and O–H groups in total. The summed E-state index contributed by atoms with van der Waals surface area (Å²) in [6.07, 6.45) is 0.281. The Bertz CT molecular complexity index is 357. The Labute approximate surface area is 117 Å². The van der Waals surface area contributed by atoms with Gasteiger partial charge in [-0.1, -0.05) is 33.6 Å². The van der Waals surface area contributed by atoms with Crippen LogP contribution in [0.3, 0.4) is 0 Å². The number of halogens is 2. The molecule has 0 aliphatic carbocycles. The van der Waals surface area contributed by atoms with Gasteiger partial charge in [0.15, 0.2) is 0 Å². The lowest BCUT2D eigenvalue weighted by molar-refractivity contribution is 0.0796. The largest absolute Gasteiger partial charge is 0.377 e. The Kier molecular flexibility index (Phi) is 6.49. The molecule has 4 heteroatoms. The predicted molar refractivity (Wildman–Crippen MR) is 76.7 cm³/mol. The van der Waals surface area contributed by atoms with Crippen molar-refractivity contribution in [2.75, 3.05) is 13.2 Å². The maximum atomic E-state index is 6.19. The lowest BCUT2D eigenvalue weighted by Crippen LogP contribution is -2.24. The molecule has 0 heterocycles. The van der Waals surface area contributed by atoms with Gasteiger partial charge in [-0.15, -0.1) is 0 Å². The third-order valence-corrected chi connectivity index (χ3v) is 3.25. The molecule has 1 atom stereocenters. The van der Waals surface area contributed by atoms with Crippen molar-refractivity contribution >= 4 is 27.5 Å². The van der Waals surface area contributed by atoms with E-state index in [1.807, 2.05) is 32.0 Å². The molecule has 2 nitrogen and oxygen atoms in total. The Morgan fingerprint density at radius 3 is 2.65 bits per heavy atom. The molecule has 0 aliphatic heterocycles. The zero-order valence-electron chi connectivity index (χ0n) is 10.5. The fourth-order valence-corrected chi connectivity index (χ4v) is 2.37. The highest BCUT2D eigenvalue weighted by Gasteiger charge is 2.09. The molecule has 0 saturated heterocycles. The van der Waals surface area contributed by atoms with Gasteiger partial charge in [0.25, 0.3) is 0 Å². The van der Waals surface area contributed by atoms with Crippen molar-refractivity contribution in [2.24, 2.45) is 0 Å². The van der Waals surface area contributed by atoms with Gasteiger partial charge in [-0.3, -0.25) is 0 Å². The van der Waals surface area contributed by atoms with Gasteiger partial charge < -0.3 is 10.1 Å². The average Bonchev–Trinajstić information content (AvgIpc) is 2.23. The van der Waals surface area contributed by atoms with Crippen LogP contribution in [0.5, 0.6) is 0 Å². The number of hydrogen-bond donors (Lipinski definition) is 1. The van der Waals surface area contributed by atoms with Crippen LogP contribution in [0.15, 0.2) is 22.7 Å². The van der Waals surface area contributed by atoms with Gasteiger partial charge in [-0.2, -0.15) is 0 Å². The van der Waals surface area contributed by atoms with Gasteiger partial charge in [-0.05, 0) is 38.5 Å². The summed E-state index contributed by atoms with van der Waals surface area (Å²) < 4.78 is 6.48. The normalized spacial score (nSPS) is 13.1. The Balaban J connectivity index is 2.44. The van der Waals surface area contributed by atoms with Crippen molar-refractivity contribution in [1.29, 1.82) is 0 Å². The zero-order valence-corrected chi connectivity index (χ0v) is 12.8. The molecule has 17 heavy (non-hydrogen) atoms. The summed E-state index contributed by atoms with van der Waals surface area (Å²) in [6.45, 7) is 7.72. The highest BCUT2D eigenvalue weighted by molar-refractivity contribution is 9.10. The van der Waals surface area contributed by atoms with E-state index in [0.717, 1.165) is 28.2 Å². The van der Waals surface area contributed by atoms with E-state index in [2.05, 4.69) is 28.2 Å². The molecule has 0 aromatic heterocycles. The van der Waals surface area contributed by atoms with E-state index < -0.39 is 0 Å². The Morgan fingerprint density at radius 1 is 1.35 bits per heavy atom. The van der Waals surface area contributed by atoms with Crippen LogP contribution in [0, 0.1) is 0 Å². The molecular formula is C13H19BrClNO. The molecule has 0 saturated carbocycles. The first-order chi connectivity index (χ1) is 8.00. The minimum absolute atomic E-state index is 0.228. The van der Waals surface area contributed by atoms with Gasteiger partial charge in [0.2, 0.25) is 0 Å². The van der Waals surface area contributed by atoms with E-state index in [-0.39, 0.29) is 12.1 Å². The molecule has 0 spiro atoms. The average molecular weight is 321 g/mol. The SMILES string of the molecule is CC(C)OCCNC(C)c1ccc(Br)cc1Cl. The third kappa shape index (κ3) is 5.38. The van der Waals surface area contributed by atoms with Crippen LogP contribution in [0.25, 0.3) is 0 Å². The maximum Gasteiger partial charge on any atom is 0.0594 e.